The monoisotopic (exact) mass is 325 g/mol. The Morgan fingerprint density at radius 3 is 2.79 bits per heavy atom. The molecule has 1 aromatic carbocycles. The third kappa shape index (κ3) is 3.01. The van der Waals surface area contributed by atoms with Crippen LogP contribution in [0.25, 0.3) is 5.69 Å². The Morgan fingerprint density at radius 2 is 2.04 bits per heavy atom. The Kier molecular flexibility index (Phi) is 4.42. The molecule has 24 heavy (non-hydrogen) atoms. The number of likely N-dealkylation sites (tertiary alicyclic amines) is 1. The number of methoxy groups -OCH3 is 1. The van der Waals surface area contributed by atoms with Gasteiger partial charge in [-0.05, 0) is 49.9 Å². The van der Waals surface area contributed by atoms with Crippen molar-refractivity contribution in [3.05, 3.63) is 48.5 Å². The molecule has 1 spiro atoms. The Balaban J connectivity index is 1.43. The topological polar surface area (TPSA) is 30.3 Å². The number of rotatable bonds is 4. The predicted octanol–water partition coefficient (Wildman–Crippen LogP) is 3.65. The molecule has 2 atom stereocenters. The standard InChI is InChI=1S/C20H27N3O/c1-24-19-4-2-9-20(19)10-3-12-22(15-20)14-17-5-7-18(8-6-17)23-13-11-21-16-23/h5-8,11,13,16,19H,2-4,9-10,12,14-15H2,1H3/t19-,20-/m1/s1. The third-order valence-corrected chi connectivity index (χ3v) is 5.94. The maximum Gasteiger partial charge on any atom is 0.0991 e. The normalized spacial score (nSPS) is 27.8. The molecule has 2 aliphatic rings. The third-order valence-electron chi connectivity index (χ3n) is 5.94. The molecule has 0 radical (unpaired) electrons. The van der Waals surface area contributed by atoms with Crippen LogP contribution in [-0.2, 0) is 11.3 Å². The van der Waals surface area contributed by atoms with Gasteiger partial charge in [0.25, 0.3) is 0 Å². The summed E-state index contributed by atoms with van der Waals surface area (Å²) in [6.07, 6.45) is 12.6. The lowest BCUT2D eigenvalue weighted by Gasteiger charge is -2.43. The molecule has 1 saturated heterocycles. The smallest absolute Gasteiger partial charge is 0.0991 e. The van der Waals surface area contributed by atoms with Crippen LogP contribution in [0, 0.1) is 5.41 Å². The number of ether oxygens (including phenoxy) is 1. The van der Waals surface area contributed by atoms with E-state index in [0.717, 1.165) is 6.54 Å². The molecule has 1 aromatic heterocycles. The first-order chi connectivity index (χ1) is 11.8. The molecule has 1 aliphatic heterocycles. The highest BCUT2D eigenvalue weighted by molar-refractivity contribution is 5.34. The highest BCUT2D eigenvalue weighted by Gasteiger charge is 2.45. The van der Waals surface area contributed by atoms with Crippen LogP contribution in [0.2, 0.25) is 0 Å². The molecular weight excluding hydrogens is 298 g/mol. The van der Waals surface area contributed by atoms with E-state index in [1.54, 1.807) is 0 Å². The van der Waals surface area contributed by atoms with Crippen molar-refractivity contribution in [1.29, 1.82) is 0 Å². The minimum Gasteiger partial charge on any atom is -0.381 e. The van der Waals surface area contributed by atoms with Crippen molar-refractivity contribution in [3.8, 4) is 5.69 Å². The first kappa shape index (κ1) is 15.9. The van der Waals surface area contributed by atoms with Gasteiger partial charge in [-0.25, -0.2) is 4.98 Å². The van der Waals surface area contributed by atoms with E-state index in [2.05, 4.69) is 34.1 Å². The fourth-order valence-electron chi connectivity index (χ4n) is 4.78. The quantitative estimate of drug-likeness (QED) is 0.859. The number of piperidine rings is 1. The van der Waals surface area contributed by atoms with Crippen LogP contribution < -0.4 is 0 Å². The van der Waals surface area contributed by atoms with E-state index in [0.29, 0.717) is 11.5 Å². The van der Waals surface area contributed by atoms with Gasteiger partial charge in [-0.1, -0.05) is 18.6 Å². The van der Waals surface area contributed by atoms with Crippen LogP contribution in [-0.4, -0.2) is 40.8 Å². The number of hydrogen-bond acceptors (Lipinski definition) is 3. The van der Waals surface area contributed by atoms with Crippen molar-refractivity contribution in [3.63, 3.8) is 0 Å². The predicted molar refractivity (Wildman–Crippen MR) is 95.2 cm³/mol. The average molecular weight is 325 g/mol. The largest absolute Gasteiger partial charge is 0.381 e. The molecule has 4 rings (SSSR count). The van der Waals surface area contributed by atoms with Crippen molar-refractivity contribution in [2.45, 2.75) is 44.8 Å². The second-order valence-electron chi connectivity index (χ2n) is 7.43. The summed E-state index contributed by atoms with van der Waals surface area (Å²) in [5.74, 6) is 0. The van der Waals surface area contributed by atoms with Crippen molar-refractivity contribution in [2.75, 3.05) is 20.2 Å². The van der Waals surface area contributed by atoms with Crippen molar-refractivity contribution in [1.82, 2.24) is 14.5 Å². The molecule has 0 amide bonds. The van der Waals surface area contributed by atoms with E-state index in [1.807, 2.05) is 30.4 Å². The first-order valence-electron chi connectivity index (χ1n) is 9.11. The van der Waals surface area contributed by atoms with Gasteiger partial charge in [0.15, 0.2) is 0 Å². The molecule has 4 nitrogen and oxygen atoms in total. The van der Waals surface area contributed by atoms with E-state index < -0.39 is 0 Å². The summed E-state index contributed by atoms with van der Waals surface area (Å²) in [5, 5.41) is 0. The summed E-state index contributed by atoms with van der Waals surface area (Å²) >= 11 is 0. The minimum atomic E-state index is 0.406. The molecule has 0 N–H and O–H groups in total. The number of aromatic nitrogens is 2. The summed E-state index contributed by atoms with van der Waals surface area (Å²) in [7, 11) is 1.89. The lowest BCUT2D eigenvalue weighted by Crippen LogP contribution is -2.47. The maximum absolute atomic E-state index is 5.82. The molecule has 128 valence electrons. The highest BCUT2D eigenvalue weighted by Crippen LogP contribution is 2.46. The van der Waals surface area contributed by atoms with Gasteiger partial charge in [0, 0.05) is 43.7 Å². The number of nitrogens with zero attached hydrogens (tertiary/aromatic N) is 3. The van der Waals surface area contributed by atoms with Crippen molar-refractivity contribution >= 4 is 0 Å². The fraction of sp³-hybridized carbons (Fsp3) is 0.550. The van der Waals surface area contributed by atoms with E-state index in [9.17, 15) is 0 Å². The first-order valence-corrected chi connectivity index (χ1v) is 9.11. The molecule has 2 heterocycles. The summed E-state index contributed by atoms with van der Waals surface area (Å²) in [6.45, 7) is 3.44. The van der Waals surface area contributed by atoms with E-state index in [1.165, 1.54) is 56.4 Å². The van der Waals surface area contributed by atoms with Crippen LogP contribution in [0.1, 0.15) is 37.7 Å². The van der Waals surface area contributed by atoms with Gasteiger partial charge in [-0.3, -0.25) is 4.90 Å². The van der Waals surface area contributed by atoms with Gasteiger partial charge in [0.2, 0.25) is 0 Å². The van der Waals surface area contributed by atoms with Gasteiger partial charge in [0.1, 0.15) is 0 Å². The molecule has 2 aromatic rings. The zero-order chi connectivity index (χ0) is 16.4. The second-order valence-corrected chi connectivity index (χ2v) is 7.43. The summed E-state index contributed by atoms with van der Waals surface area (Å²) in [6, 6.07) is 8.87. The Hall–Kier alpha value is -1.65. The van der Waals surface area contributed by atoms with E-state index >= 15 is 0 Å². The van der Waals surface area contributed by atoms with Crippen LogP contribution in [0.5, 0.6) is 0 Å². The lowest BCUT2D eigenvalue weighted by molar-refractivity contribution is -0.0366. The number of hydrogen-bond donors (Lipinski definition) is 0. The summed E-state index contributed by atoms with van der Waals surface area (Å²) in [5.41, 5.74) is 2.97. The summed E-state index contributed by atoms with van der Waals surface area (Å²) in [4.78, 5) is 6.75. The van der Waals surface area contributed by atoms with Crippen LogP contribution >= 0.6 is 0 Å². The van der Waals surface area contributed by atoms with Gasteiger partial charge < -0.3 is 9.30 Å². The van der Waals surface area contributed by atoms with E-state index in [4.69, 9.17) is 4.74 Å². The molecule has 4 heteroatoms. The zero-order valence-electron chi connectivity index (χ0n) is 14.5. The van der Waals surface area contributed by atoms with Gasteiger partial charge >= 0.3 is 0 Å². The molecule has 1 saturated carbocycles. The molecule has 0 unspecified atom stereocenters. The second kappa shape index (κ2) is 6.69. The lowest BCUT2D eigenvalue weighted by atomic mass is 9.76. The fourth-order valence-corrected chi connectivity index (χ4v) is 4.78. The Bertz CT molecular complexity index is 652. The Morgan fingerprint density at radius 1 is 1.21 bits per heavy atom. The van der Waals surface area contributed by atoms with Crippen LogP contribution in [0.15, 0.2) is 43.0 Å². The van der Waals surface area contributed by atoms with Crippen molar-refractivity contribution in [2.24, 2.45) is 5.41 Å². The SMILES string of the molecule is CO[C@@H]1CCC[C@]12CCCN(Cc1ccc(-n3ccnc3)cc1)C2. The molecule has 1 aliphatic carbocycles. The zero-order valence-corrected chi connectivity index (χ0v) is 14.5. The maximum atomic E-state index is 5.82. The Labute approximate surface area is 144 Å². The highest BCUT2D eigenvalue weighted by atomic mass is 16.5. The van der Waals surface area contributed by atoms with Crippen LogP contribution in [0.3, 0.4) is 0 Å². The molecule has 0 bridgehead atoms. The van der Waals surface area contributed by atoms with Gasteiger partial charge in [0.05, 0.1) is 12.4 Å². The average Bonchev–Trinajstić information content (AvgIpc) is 3.26. The number of imidazole rings is 1. The van der Waals surface area contributed by atoms with Gasteiger partial charge in [-0.15, -0.1) is 0 Å². The van der Waals surface area contributed by atoms with Crippen LogP contribution in [0.4, 0.5) is 0 Å². The van der Waals surface area contributed by atoms with E-state index in [-0.39, 0.29) is 0 Å². The minimum absolute atomic E-state index is 0.406. The summed E-state index contributed by atoms with van der Waals surface area (Å²) < 4.78 is 7.87. The van der Waals surface area contributed by atoms with Gasteiger partial charge in [-0.2, -0.15) is 0 Å². The molecule has 2 fully saturated rings. The molecular formula is C20H27N3O. The van der Waals surface area contributed by atoms with Crippen molar-refractivity contribution < 1.29 is 4.74 Å². The number of benzene rings is 1.